The number of ether oxygens (including phenoxy) is 3. The summed E-state index contributed by atoms with van der Waals surface area (Å²) >= 11 is 1.43. The molecule has 0 bridgehead atoms. The standard InChI is InChI=1S/C24H31N3O5S/c1-5-9-27(12-17(28)14-32-10-6-2)13-21-25-23(29)22-18(15-33-24(22)26-21)16-7-8-19(30-3)20(11-16)31-4/h6-8,11,15,17,28H,2,5,9-10,12-14H2,1,3-4H3,(H,25,26,29)/t17-/m1/s1. The van der Waals surface area contributed by atoms with Crippen molar-refractivity contribution in [2.24, 2.45) is 0 Å². The maximum absolute atomic E-state index is 13.0. The molecule has 2 aromatic heterocycles. The molecule has 1 atom stereocenters. The molecule has 0 aliphatic carbocycles. The van der Waals surface area contributed by atoms with E-state index in [4.69, 9.17) is 19.2 Å². The van der Waals surface area contributed by atoms with Gasteiger partial charge < -0.3 is 24.3 Å². The maximum Gasteiger partial charge on any atom is 0.260 e. The van der Waals surface area contributed by atoms with E-state index in [1.807, 2.05) is 23.6 Å². The topological polar surface area (TPSA) is 96.9 Å². The highest BCUT2D eigenvalue weighted by atomic mass is 32.1. The number of aromatic amines is 1. The predicted molar refractivity (Wildman–Crippen MR) is 131 cm³/mol. The van der Waals surface area contributed by atoms with Gasteiger partial charge in [-0.15, -0.1) is 17.9 Å². The van der Waals surface area contributed by atoms with Crippen molar-refractivity contribution in [2.45, 2.75) is 26.0 Å². The van der Waals surface area contributed by atoms with Gasteiger partial charge in [0.25, 0.3) is 5.56 Å². The number of nitrogens with zero attached hydrogens (tertiary/aromatic N) is 2. The average molecular weight is 474 g/mol. The molecule has 2 heterocycles. The van der Waals surface area contributed by atoms with E-state index in [0.29, 0.717) is 47.2 Å². The Labute approximate surface area is 197 Å². The number of aromatic nitrogens is 2. The molecule has 2 N–H and O–H groups in total. The van der Waals surface area contributed by atoms with Gasteiger partial charge in [-0.1, -0.05) is 19.1 Å². The molecular formula is C24H31N3O5S. The third-order valence-corrected chi connectivity index (χ3v) is 5.99. The van der Waals surface area contributed by atoms with Crippen molar-refractivity contribution < 1.29 is 19.3 Å². The first-order valence-corrected chi connectivity index (χ1v) is 11.7. The van der Waals surface area contributed by atoms with Crippen molar-refractivity contribution in [1.82, 2.24) is 14.9 Å². The summed E-state index contributed by atoms with van der Waals surface area (Å²) in [6.45, 7) is 7.93. The lowest BCUT2D eigenvalue weighted by Crippen LogP contribution is -2.36. The molecule has 3 rings (SSSR count). The third kappa shape index (κ3) is 6.20. The summed E-state index contributed by atoms with van der Waals surface area (Å²) in [5, 5.41) is 12.8. The van der Waals surface area contributed by atoms with Gasteiger partial charge in [0.1, 0.15) is 10.7 Å². The second-order valence-electron chi connectivity index (χ2n) is 7.63. The Hall–Kier alpha value is -2.72. The van der Waals surface area contributed by atoms with Gasteiger partial charge in [0.15, 0.2) is 11.5 Å². The van der Waals surface area contributed by atoms with E-state index in [-0.39, 0.29) is 12.2 Å². The van der Waals surface area contributed by atoms with Crippen LogP contribution in [0.4, 0.5) is 0 Å². The highest BCUT2D eigenvalue weighted by molar-refractivity contribution is 7.17. The van der Waals surface area contributed by atoms with Gasteiger partial charge >= 0.3 is 0 Å². The number of nitrogens with one attached hydrogen (secondary N) is 1. The molecule has 0 unspecified atom stereocenters. The van der Waals surface area contributed by atoms with Crippen LogP contribution < -0.4 is 15.0 Å². The highest BCUT2D eigenvalue weighted by Gasteiger charge is 2.17. The molecule has 33 heavy (non-hydrogen) atoms. The van der Waals surface area contributed by atoms with Gasteiger partial charge in [-0.2, -0.15) is 0 Å². The molecule has 0 amide bonds. The fraction of sp³-hybridized carbons (Fsp3) is 0.417. The van der Waals surface area contributed by atoms with Crippen molar-refractivity contribution >= 4 is 21.6 Å². The summed E-state index contributed by atoms with van der Waals surface area (Å²) in [6, 6.07) is 5.57. The van der Waals surface area contributed by atoms with Gasteiger partial charge in [0.05, 0.1) is 45.5 Å². The van der Waals surface area contributed by atoms with Crippen LogP contribution in [0.1, 0.15) is 19.2 Å². The van der Waals surface area contributed by atoms with Gasteiger partial charge in [-0.05, 0) is 30.7 Å². The Bertz CT molecular complexity index is 1130. The van der Waals surface area contributed by atoms with E-state index in [1.54, 1.807) is 20.3 Å². The van der Waals surface area contributed by atoms with Gasteiger partial charge in [0, 0.05) is 17.5 Å². The molecule has 3 aromatic rings. The van der Waals surface area contributed by atoms with Crippen molar-refractivity contribution in [3.05, 3.63) is 52.4 Å². The second-order valence-corrected chi connectivity index (χ2v) is 8.49. The predicted octanol–water partition coefficient (Wildman–Crippen LogP) is 3.44. The van der Waals surface area contributed by atoms with Crippen LogP contribution in [0.2, 0.25) is 0 Å². The van der Waals surface area contributed by atoms with Crippen LogP contribution in [0.15, 0.2) is 41.0 Å². The van der Waals surface area contributed by atoms with Crippen molar-refractivity contribution in [3.63, 3.8) is 0 Å². The van der Waals surface area contributed by atoms with Crippen molar-refractivity contribution in [1.29, 1.82) is 0 Å². The molecule has 1 aromatic carbocycles. The Kier molecular flexibility index (Phi) is 9.02. The summed E-state index contributed by atoms with van der Waals surface area (Å²) in [4.78, 5) is 23.4. The zero-order valence-electron chi connectivity index (χ0n) is 19.3. The molecule has 0 fully saturated rings. The smallest absolute Gasteiger partial charge is 0.260 e. The molecule has 0 aliphatic heterocycles. The Balaban J connectivity index is 1.84. The van der Waals surface area contributed by atoms with Crippen LogP contribution in [0.3, 0.4) is 0 Å². The molecule has 0 aliphatic rings. The number of rotatable bonds is 13. The lowest BCUT2D eigenvalue weighted by molar-refractivity contribution is 0.0241. The minimum atomic E-state index is -0.634. The van der Waals surface area contributed by atoms with Gasteiger partial charge in [0.2, 0.25) is 0 Å². The Morgan fingerprint density at radius 1 is 1.30 bits per heavy atom. The van der Waals surface area contributed by atoms with Gasteiger partial charge in [-0.3, -0.25) is 9.69 Å². The number of aliphatic hydroxyl groups is 1. The molecule has 178 valence electrons. The fourth-order valence-corrected chi connectivity index (χ4v) is 4.65. The number of thiophene rings is 1. The normalized spacial score (nSPS) is 12.3. The van der Waals surface area contributed by atoms with E-state index in [1.165, 1.54) is 11.3 Å². The first kappa shape index (κ1) is 24.9. The van der Waals surface area contributed by atoms with E-state index < -0.39 is 6.10 Å². The van der Waals surface area contributed by atoms with Crippen LogP contribution in [-0.2, 0) is 11.3 Å². The van der Waals surface area contributed by atoms with E-state index >= 15 is 0 Å². The molecule has 0 saturated carbocycles. The monoisotopic (exact) mass is 473 g/mol. The van der Waals surface area contributed by atoms with E-state index in [9.17, 15) is 9.90 Å². The molecule has 0 spiro atoms. The number of fused-ring (bicyclic) bond motifs is 1. The van der Waals surface area contributed by atoms with Crippen LogP contribution in [0, 0.1) is 0 Å². The number of hydrogen-bond acceptors (Lipinski definition) is 8. The Morgan fingerprint density at radius 3 is 2.79 bits per heavy atom. The maximum atomic E-state index is 13.0. The average Bonchev–Trinajstić information content (AvgIpc) is 3.23. The molecule has 8 nitrogen and oxygen atoms in total. The number of H-pyrrole nitrogens is 1. The quantitative estimate of drug-likeness (QED) is 0.290. The number of aliphatic hydroxyl groups excluding tert-OH is 1. The lowest BCUT2D eigenvalue weighted by atomic mass is 10.1. The SMILES string of the molecule is C=CCOC[C@H](O)CN(CCC)Cc1nc2scc(-c3ccc(OC)c(OC)c3)c2c(=O)[nH]1. The molecular weight excluding hydrogens is 442 g/mol. The lowest BCUT2D eigenvalue weighted by Gasteiger charge is -2.24. The van der Waals surface area contributed by atoms with Crippen molar-refractivity contribution in [3.8, 4) is 22.6 Å². The van der Waals surface area contributed by atoms with Crippen LogP contribution >= 0.6 is 11.3 Å². The molecule has 9 heteroatoms. The Morgan fingerprint density at radius 2 is 2.09 bits per heavy atom. The van der Waals surface area contributed by atoms with Crippen LogP contribution in [0.5, 0.6) is 11.5 Å². The summed E-state index contributed by atoms with van der Waals surface area (Å²) in [5.74, 6) is 1.80. The minimum absolute atomic E-state index is 0.188. The van der Waals surface area contributed by atoms with E-state index in [0.717, 1.165) is 24.1 Å². The minimum Gasteiger partial charge on any atom is -0.493 e. The second kappa shape index (κ2) is 11.9. The van der Waals surface area contributed by atoms with Crippen LogP contribution in [0.25, 0.3) is 21.3 Å². The molecule has 0 radical (unpaired) electrons. The molecule has 0 saturated heterocycles. The largest absolute Gasteiger partial charge is 0.493 e. The van der Waals surface area contributed by atoms with Gasteiger partial charge in [-0.25, -0.2) is 4.98 Å². The van der Waals surface area contributed by atoms with Crippen molar-refractivity contribution in [2.75, 3.05) is 40.5 Å². The number of benzene rings is 1. The zero-order valence-corrected chi connectivity index (χ0v) is 20.1. The fourth-order valence-electron chi connectivity index (χ4n) is 3.69. The summed E-state index contributed by atoms with van der Waals surface area (Å²) in [7, 11) is 3.17. The number of methoxy groups -OCH3 is 2. The van der Waals surface area contributed by atoms with E-state index in [2.05, 4.69) is 23.4 Å². The van der Waals surface area contributed by atoms with Crippen LogP contribution in [-0.4, -0.2) is 66.6 Å². The summed E-state index contributed by atoms with van der Waals surface area (Å²) in [6.07, 6.45) is 1.93. The summed E-state index contributed by atoms with van der Waals surface area (Å²) < 4.78 is 16.1. The third-order valence-electron chi connectivity index (χ3n) is 5.12. The summed E-state index contributed by atoms with van der Waals surface area (Å²) in [5.41, 5.74) is 1.47. The highest BCUT2D eigenvalue weighted by Crippen LogP contribution is 2.36. The zero-order chi connectivity index (χ0) is 23.8. The number of hydrogen-bond donors (Lipinski definition) is 2. The first-order valence-electron chi connectivity index (χ1n) is 10.8. The first-order chi connectivity index (χ1) is 16.0.